The van der Waals surface area contributed by atoms with Crippen LogP contribution in [0.2, 0.25) is 18.1 Å². The smallest absolute Gasteiger partial charge is 0.222 e. The number of carbonyl (C=O) groups is 1. The molecule has 0 aliphatic carbocycles. The summed E-state index contributed by atoms with van der Waals surface area (Å²) in [7, 11) is -0.0436. The van der Waals surface area contributed by atoms with Crippen LogP contribution >= 0.6 is 0 Å². The summed E-state index contributed by atoms with van der Waals surface area (Å²) in [6, 6.07) is 0. The van der Waals surface area contributed by atoms with Gasteiger partial charge in [-0.05, 0) is 43.8 Å². The number of likely N-dealkylation sites (tertiary alicyclic amines) is 1. The van der Waals surface area contributed by atoms with E-state index in [9.17, 15) is 4.79 Å². The van der Waals surface area contributed by atoms with Gasteiger partial charge in [-0.15, -0.1) is 0 Å². The molecule has 1 aliphatic rings. The van der Waals surface area contributed by atoms with Gasteiger partial charge < -0.3 is 14.1 Å². The minimum absolute atomic E-state index is 0.220. The number of nitrogens with zero attached hydrogens (tertiary/aromatic N) is 1. The maximum absolute atomic E-state index is 12.3. The van der Waals surface area contributed by atoms with Crippen molar-refractivity contribution in [3.05, 3.63) is 0 Å². The van der Waals surface area contributed by atoms with Crippen LogP contribution in [0.1, 0.15) is 52.9 Å². The first-order chi connectivity index (χ1) is 10.2. The standard InChI is InChI=1S/C17H35NO3Si/c1-17(2,3)22(5,6)21-15-10-9-12-18(14-15)16(19)11-7-8-13-20-4/h15H,7-14H2,1-6H3. The number of hydrogen-bond donors (Lipinski definition) is 0. The number of ether oxygens (including phenoxy) is 1. The number of hydrogen-bond acceptors (Lipinski definition) is 3. The van der Waals surface area contributed by atoms with Crippen LogP contribution in [0.3, 0.4) is 0 Å². The summed E-state index contributed by atoms with van der Waals surface area (Å²) < 4.78 is 11.5. The number of unbranched alkanes of at least 4 members (excludes halogenated alkanes) is 1. The quantitative estimate of drug-likeness (QED) is 0.526. The van der Waals surface area contributed by atoms with E-state index in [1.54, 1.807) is 7.11 Å². The summed E-state index contributed by atoms with van der Waals surface area (Å²) in [6.07, 6.45) is 4.87. The van der Waals surface area contributed by atoms with E-state index in [4.69, 9.17) is 9.16 Å². The molecular formula is C17H35NO3Si. The fourth-order valence-corrected chi connectivity index (χ4v) is 3.91. The van der Waals surface area contributed by atoms with Gasteiger partial charge >= 0.3 is 0 Å². The minimum atomic E-state index is -1.75. The Balaban J connectivity index is 2.46. The second-order valence-electron chi connectivity index (χ2n) is 7.93. The Morgan fingerprint density at radius 2 is 1.95 bits per heavy atom. The van der Waals surface area contributed by atoms with Crippen molar-refractivity contribution in [1.82, 2.24) is 4.90 Å². The minimum Gasteiger partial charge on any atom is -0.412 e. The van der Waals surface area contributed by atoms with Crippen LogP contribution < -0.4 is 0 Å². The van der Waals surface area contributed by atoms with Crippen LogP contribution in [-0.4, -0.2) is 52.0 Å². The average molecular weight is 330 g/mol. The number of rotatable bonds is 7. The van der Waals surface area contributed by atoms with E-state index >= 15 is 0 Å². The van der Waals surface area contributed by atoms with Crippen LogP contribution in [0.15, 0.2) is 0 Å². The summed E-state index contributed by atoms with van der Waals surface area (Å²) in [6.45, 7) is 13.8. The monoisotopic (exact) mass is 329 g/mol. The molecule has 0 bridgehead atoms. The Bertz CT molecular complexity index is 352. The topological polar surface area (TPSA) is 38.8 Å². The van der Waals surface area contributed by atoms with Crippen LogP contribution in [0.5, 0.6) is 0 Å². The molecule has 0 aromatic rings. The Morgan fingerprint density at radius 3 is 2.55 bits per heavy atom. The van der Waals surface area contributed by atoms with Crippen LogP contribution in [0.25, 0.3) is 0 Å². The van der Waals surface area contributed by atoms with Crippen molar-refractivity contribution in [2.24, 2.45) is 0 Å². The van der Waals surface area contributed by atoms with Gasteiger partial charge in [-0.3, -0.25) is 4.79 Å². The van der Waals surface area contributed by atoms with Gasteiger partial charge in [0.05, 0.1) is 6.10 Å². The van der Waals surface area contributed by atoms with Crippen molar-refractivity contribution in [2.75, 3.05) is 26.8 Å². The zero-order chi connectivity index (χ0) is 16.8. The first-order valence-corrected chi connectivity index (χ1v) is 11.5. The molecule has 0 aromatic heterocycles. The lowest BCUT2D eigenvalue weighted by Gasteiger charge is -2.42. The number of methoxy groups -OCH3 is 1. The van der Waals surface area contributed by atoms with Gasteiger partial charge in [-0.2, -0.15) is 0 Å². The van der Waals surface area contributed by atoms with Crippen molar-refractivity contribution >= 4 is 14.2 Å². The summed E-state index contributed by atoms with van der Waals surface area (Å²) >= 11 is 0. The predicted octanol–water partition coefficient (Wildman–Crippen LogP) is 3.82. The van der Waals surface area contributed by atoms with Gasteiger partial charge in [0.2, 0.25) is 5.91 Å². The number of amides is 1. The number of piperidine rings is 1. The largest absolute Gasteiger partial charge is 0.412 e. The molecule has 1 heterocycles. The van der Waals surface area contributed by atoms with Gasteiger partial charge in [0.15, 0.2) is 8.32 Å². The van der Waals surface area contributed by atoms with E-state index < -0.39 is 8.32 Å². The van der Waals surface area contributed by atoms with Gasteiger partial charge in [0.1, 0.15) is 0 Å². The highest BCUT2D eigenvalue weighted by Crippen LogP contribution is 2.38. The molecular weight excluding hydrogens is 294 g/mol. The van der Waals surface area contributed by atoms with Gasteiger partial charge in [0.25, 0.3) is 0 Å². The second kappa shape index (κ2) is 8.46. The number of carbonyl (C=O) groups excluding carboxylic acids is 1. The molecule has 0 spiro atoms. The second-order valence-corrected chi connectivity index (χ2v) is 12.7. The Kier molecular flexibility index (Phi) is 7.55. The van der Waals surface area contributed by atoms with Crippen molar-refractivity contribution in [3.8, 4) is 0 Å². The molecule has 0 aromatic carbocycles. The van der Waals surface area contributed by atoms with Crippen LogP contribution in [0, 0.1) is 0 Å². The molecule has 1 unspecified atom stereocenters. The van der Waals surface area contributed by atoms with Crippen molar-refractivity contribution < 1.29 is 14.0 Å². The first-order valence-electron chi connectivity index (χ1n) is 8.62. The van der Waals surface area contributed by atoms with Crippen molar-refractivity contribution in [2.45, 2.75) is 77.1 Å². The van der Waals surface area contributed by atoms with Gasteiger partial charge in [-0.25, -0.2) is 0 Å². The molecule has 5 heteroatoms. The predicted molar refractivity (Wildman–Crippen MR) is 93.6 cm³/mol. The Morgan fingerprint density at radius 1 is 1.27 bits per heavy atom. The third-order valence-electron chi connectivity index (χ3n) is 4.99. The molecule has 22 heavy (non-hydrogen) atoms. The van der Waals surface area contributed by atoms with E-state index in [1.807, 2.05) is 4.90 Å². The molecule has 1 saturated heterocycles. The highest BCUT2D eigenvalue weighted by atomic mass is 28.4. The van der Waals surface area contributed by atoms with Crippen molar-refractivity contribution in [1.29, 1.82) is 0 Å². The fourth-order valence-electron chi connectivity index (χ4n) is 2.54. The van der Waals surface area contributed by atoms with Gasteiger partial charge in [0, 0.05) is 33.2 Å². The van der Waals surface area contributed by atoms with E-state index in [2.05, 4.69) is 33.9 Å². The molecule has 0 saturated carbocycles. The summed E-state index contributed by atoms with van der Waals surface area (Å²) in [4.78, 5) is 14.3. The molecule has 0 radical (unpaired) electrons. The third kappa shape index (κ3) is 6.01. The maximum Gasteiger partial charge on any atom is 0.222 e. The molecule has 1 aliphatic heterocycles. The Labute approximate surface area is 137 Å². The summed E-state index contributed by atoms with van der Waals surface area (Å²) in [5.41, 5.74) is 0. The fraction of sp³-hybridized carbons (Fsp3) is 0.941. The molecule has 1 atom stereocenters. The maximum atomic E-state index is 12.3. The molecule has 1 rings (SSSR count). The molecule has 0 N–H and O–H groups in total. The van der Waals surface area contributed by atoms with E-state index in [1.165, 1.54) is 0 Å². The molecule has 1 fully saturated rings. The van der Waals surface area contributed by atoms with Crippen LogP contribution in [-0.2, 0) is 14.0 Å². The normalized spacial score (nSPS) is 20.3. The zero-order valence-electron chi connectivity index (χ0n) is 15.4. The highest BCUT2D eigenvalue weighted by molar-refractivity contribution is 6.74. The lowest BCUT2D eigenvalue weighted by Crippen LogP contribution is -2.50. The summed E-state index contributed by atoms with van der Waals surface area (Å²) in [5.74, 6) is 0.277. The first kappa shape index (κ1) is 19.7. The highest BCUT2D eigenvalue weighted by Gasteiger charge is 2.40. The Hall–Kier alpha value is -0.393. The van der Waals surface area contributed by atoms with E-state index in [0.29, 0.717) is 6.42 Å². The van der Waals surface area contributed by atoms with Gasteiger partial charge in [-0.1, -0.05) is 20.8 Å². The van der Waals surface area contributed by atoms with E-state index in [-0.39, 0.29) is 17.0 Å². The lowest BCUT2D eigenvalue weighted by molar-refractivity contribution is -0.134. The lowest BCUT2D eigenvalue weighted by atomic mass is 10.1. The zero-order valence-corrected chi connectivity index (χ0v) is 16.4. The third-order valence-corrected chi connectivity index (χ3v) is 9.52. The molecule has 130 valence electrons. The average Bonchev–Trinajstić information content (AvgIpc) is 2.42. The summed E-state index contributed by atoms with van der Waals surface area (Å²) in [5, 5.41) is 0.222. The molecule has 1 amide bonds. The SMILES string of the molecule is COCCCCC(=O)N1CCCC(O[Si](C)(C)C(C)(C)C)C1. The van der Waals surface area contributed by atoms with E-state index in [0.717, 1.165) is 45.4 Å². The van der Waals surface area contributed by atoms with Crippen molar-refractivity contribution in [3.63, 3.8) is 0 Å². The van der Waals surface area contributed by atoms with Crippen LogP contribution in [0.4, 0.5) is 0 Å². The molecule has 4 nitrogen and oxygen atoms in total.